The van der Waals surface area contributed by atoms with E-state index >= 15 is 0 Å². The summed E-state index contributed by atoms with van der Waals surface area (Å²) >= 11 is 1.31. The maximum Gasteiger partial charge on any atom is 0.263 e. The van der Waals surface area contributed by atoms with Gasteiger partial charge in [0.05, 0.1) is 29.6 Å². The van der Waals surface area contributed by atoms with E-state index in [1.807, 2.05) is 18.3 Å². The second kappa shape index (κ2) is 10.9. The van der Waals surface area contributed by atoms with Gasteiger partial charge in [-0.2, -0.15) is 0 Å². The third-order valence-corrected chi connectivity index (χ3v) is 6.39. The van der Waals surface area contributed by atoms with Gasteiger partial charge in [-0.05, 0) is 29.7 Å². The van der Waals surface area contributed by atoms with Crippen molar-refractivity contribution in [1.29, 1.82) is 0 Å². The number of carbonyl (C=O) groups is 2. The topological polar surface area (TPSA) is 99.8 Å². The largest absolute Gasteiger partial charge is 0.359 e. The molecule has 2 amide bonds. The molecule has 0 fully saturated rings. The Morgan fingerprint density at radius 1 is 1.06 bits per heavy atom. The molecule has 2 heterocycles. The molecule has 0 aliphatic rings. The minimum Gasteiger partial charge on any atom is -0.359 e. The van der Waals surface area contributed by atoms with Gasteiger partial charge in [-0.3, -0.25) is 14.6 Å². The molecule has 7 nitrogen and oxygen atoms in total. The third kappa shape index (κ3) is 5.84. The summed E-state index contributed by atoms with van der Waals surface area (Å²) in [4.78, 5) is 36.7. The van der Waals surface area contributed by atoms with Gasteiger partial charge in [-0.1, -0.05) is 49.2 Å². The fraction of sp³-hybridized carbons (Fsp3) is 0.280. The molecule has 1 atom stereocenters. The molecule has 4 rings (SSSR count). The molecule has 2 aromatic heterocycles. The van der Waals surface area contributed by atoms with Crippen molar-refractivity contribution in [2.75, 3.05) is 7.05 Å². The lowest BCUT2D eigenvalue weighted by Gasteiger charge is -2.16. The Labute approximate surface area is 196 Å². The van der Waals surface area contributed by atoms with Crippen LogP contribution in [0.4, 0.5) is 0 Å². The zero-order valence-corrected chi connectivity index (χ0v) is 19.3. The average Bonchev–Trinajstić information content (AvgIpc) is 3.55. The smallest absolute Gasteiger partial charge is 0.263 e. The number of hydrogen-bond donors (Lipinski definition) is 3. The second-order valence-electron chi connectivity index (χ2n) is 7.91. The second-order valence-corrected chi connectivity index (χ2v) is 8.79. The number of benzene rings is 2. The third-order valence-electron chi connectivity index (χ3n) is 5.62. The number of H-pyrrole nitrogens is 1. The highest BCUT2D eigenvalue weighted by atomic mass is 32.1. The van der Waals surface area contributed by atoms with Gasteiger partial charge in [0, 0.05) is 19.0 Å². The van der Waals surface area contributed by atoms with Crippen LogP contribution in [-0.2, 0) is 4.79 Å². The number of aromatic nitrogens is 3. The highest BCUT2D eigenvalue weighted by Crippen LogP contribution is 2.26. The Hall–Kier alpha value is -3.52. The van der Waals surface area contributed by atoms with Crippen molar-refractivity contribution in [1.82, 2.24) is 25.6 Å². The van der Waals surface area contributed by atoms with Crippen LogP contribution in [0.15, 0.2) is 60.4 Å². The molecular weight excluding hydrogens is 434 g/mol. The normalized spacial score (nSPS) is 11.9. The molecule has 0 bridgehead atoms. The van der Waals surface area contributed by atoms with Gasteiger partial charge in [0.15, 0.2) is 0 Å². The summed E-state index contributed by atoms with van der Waals surface area (Å²) in [5.41, 5.74) is 3.60. The van der Waals surface area contributed by atoms with E-state index in [-0.39, 0.29) is 17.9 Å². The Kier molecular flexibility index (Phi) is 7.47. The molecule has 0 spiro atoms. The Bertz CT molecular complexity index is 1220. The van der Waals surface area contributed by atoms with Gasteiger partial charge in [-0.25, -0.2) is 4.98 Å². The van der Waals surface area contributed by atoms with E-state index in [0.29, 0.717) is 11.3 Å². The van der Waals surface area contributed by atoms with Crippen molar-refractivity contribution in [3.8, 4) is 11.3 Å². The van der Waals surface area contributed by atoms with Crippen LogP contribution in [0.25, 0.3) is 22.0 Å². The first-order valence-corrected chi connectivity index (χ1v) is 12.0. The Morgan fingerprint density at radius 2 is 1.91 bits per heavy atom. The minimum atomic E-state index is -0.256. The number of aromatic amines is 1. The molecule has 2 aromatic carbocycles. The van der Waals surface area contributed by atoms with Crippen molar-refractivity contribution in [3.05, 3.63) is 71.1 Å². The number of rotatable bonds is 10. The maximum atomic E-state index is 12.7. The first kappa shape index (κ1) is 22.7. The minimum absolute atomic E-state index is 0.0520. The average molecular weight is 462 g/mol. The van der Waals surface area contributed by atoms with Crippen molar-refractivity contribution in [2.45, 2.75) is 38.1 Å². The van der Waals surface area contributed by atoms with Gasteiger partial charge in [0.25, 0.3) is 5.91 Å². The molecule has 1 unspecified atom stereocenters. The molecular formula is C25H27N5O2S. The lowest BCUT2D eigenvalue weighted by atomic mass is 10.1. The zero-order valence-electron chi connectivity index (χ0n) is 18.5. The summed E-state index contributed by atoms with van der Waals surface area (Å²) in [6, 6.07) is 14.3. The van der Waals surface area contributed by atoms with E-state index in [2.05, 4.69) is 55.9 Å². The SMILES string of the molecule is CNC(=O)CCCCCC(NC(=O)c1cncs1)c1ncc(-c2ccc3ccccc3c2)[nH]1. The summed E-state index contributed by atoms with van der Waals surface area (Å²) < 4.78 is 0. The highest BCUT2D eigenvalue weighted by molar-refractivity contribution is 7.11. The highest BCUT2D eigenvalue weighted by Gasteiger charge is 2.20. The number of amides is 2. The van der Waals surface area contributed by atoms with Gasteiger partial charge in [0.2, 0.25) is 5.91 Å². The summed E-state index contributed by atoms with van der Waals surface area (Å²) in [5.74, 6) is 0.620. The van der Waals surface area contributed by atoms with Gasteiger partial charge >= 0.3 is 0 Å². The van der Waals surface area contributed by atoms with Gasteiger partial charge in [-0.15, -0.1) is 11.3 Å². The molecule has 3 N–H and O–H groups in total. The number of imidazole rings is 1. The lowest BCUT2D eigenvalue weighted by molar-refractivity contribution is -0.120. The Balaban J connectivity index is 1.48. The molecule has 4 aromatic rings. The van der Waals surface area contributed by atoms with E-state index in [1.165, 1.54) is 16.7 Å². The van der Waals surface area contributed by atoms with E-state index in [1.54, 1.807) is 18.8 Å². The number of nitrogens with zero attached hydrogens (tertiary/aromatic N) is 2. The number of nitrogens with one attached hydrogen (secondary N) is 3. The van der Waals surface area contributed by atoms with Crippen LogP contribution >= 0.6 is 11.3 Å². The van der Waals surface area contributed by atoms with Crippen LogP contribution in [-0.4, -0.2) is 33.8 Å². The summed E-state index contributed by atoms with van der Waals surface area (Å²) in [6.07, 6.45) is 7.22. The monoisotopic (exact) mass is 461 g/mol. The zero-order chi connectivity index (χ0) is 23.0. The summed E-state index contributed by atoms with van der Waals surface area (Å²) in [5, 5.41) is 8.10. The Morgan fingerprint density at radius 3 is 2.70 bits per heavy atom. The molecule has 0 saturated carbocycles. The van der Waals surface area contributed by atoms with Gasteiger partial charge < -0.3 is 15.6 Å². The quantitative estimate of drug-likeness (QED) is 0.294. The van der Waals surface area contributed by atoms with Crippen LogP contribution < -0.4 is 10.6 Å². The predicted molar refractivity (Wildman–Crippen MR) is 131 cm³/mol. The maximum absolute atomic E-state index is 12.7. The lowest BCUT2D eigenvalue weighted by Crippen LogP contribution is -2.28. The number of unbranched alkanes of at least 4 members (excludes halogenated alkanes) is 2. The van der Waals surface area contributed by atoms with Crippen LogP contribution in [0.2, 0.25) is 0 Å². The predicted octanol–water partition coefficient (Wildman–Crippen LogP) is 4.85. The molecule has 33 heavy (non-hydrogen) atoms. The molecule has 0 saturated heterocycles. The van der Waals surface area contributed by atoms with Crippen molar-refractivity contribution in [2.24, 2.45) is 0 Å². The first-order valence-electron chi connectivity index (χ1n) is 11.1. The fourth-order valence-electron chi connectivity index (χ4n) is 3.79. The van der Waals surface area contributed by atoms with E-state index in [9.17, 15) is 9.59 Å². The molecule has 0 aliphatic heterocycles. The van der Waals surface area contributed by atoms with E-state index in [0.717, 1.165) is 48.2 Å². The summed E-state index contributed by atoms with van der Waals surface area (Å²) in [7, 11) is 1.65. The van der Waals surface area contributed by atoms with Crippen molar-refractivity contribution >= 4 is 33.9 Å². The number of fused-ring (bicyclic) bond motifs is 1. The van der Waals surface area contributed by atoms with Crippen molar-refractivity contribution < 1.29 is 9.59 Å². The van der Waals surface area contributed by atoms with Crippen LogP contribution in [0.5, 0.6) is 0 Å². The molecule has 0 radical (unpaired) electrons. The summed E-state index contributed by atoms with van der Waals surface area (Å²) in [6.45, 7) is 0. The van der Waals surface area contributed by atoms with E-state index in [4.69, 9.17) is 0 Å². The van der Waals surface area contributed by atoms with Crippen LogP contribution in [0.3, 0.4) is 0 Å². The number of thiazole rings is 1. The van der Waals surface area contributed by atoms with Crippen LogP contribution in [0, 0.1) is 0 Å². The molecule has 8 heteroatoms. The molecule has 0 aliphatic carbocycles. The van der Waals surface area contributed by atoms with E-state index < -0.39 is 0 Å². The fourth-order valence-corrected chi connectivity index (χ4v) is 4.31. The number of hydrogen-bond acceptors (Lipinski definition) is 5. The van der Waals surface area contributed by atoms with Crippen molar-refractivity contribution in [3.63, 3.8) is 0 Å². The first-order chi connectivity index (χ1) is 16.1. The molecule has 170 valence electrons. The number of carbonyl (C=O) groups excluding carboxylic acids is 2. The standard InChI is InChI=1S/C25H27N5O2S/c1-26-23(31)10-4-2-3-9-20(30-25(32)22-15-27-16-33-22)24-28-14-21(29-24)19-12-11-17-7-5-6-8-18(17)13-19/h5-8,11-16,20H,2-4,9-10H2,1H3,(H,26,31)(H,28,29)(H,30,32). The van der Waals surface area contributed by atoms with Crippen LogP contribution in [0.1, 0.15) is 53.6 Å². The van der Waals surface area contributed by atoms with Gasteiger partial charge in [0.1, 0.15) is 10.7 Å².